The zero-order valence-electron chi connectivity index (χ0n) is 19.8. The molecule has 0 spiro atoms. The number of aliphatic hydroxyl groups excluding tert-OH is 1. The highest BCUT2D eigenvalue weighted by Crippen LogP contribution is 2.16. The first kappa shape index (κ1) is 28.4. The van der Waals surface area contributed by atoms with Crippen LogP contribution in [-0.4, -0.2) is 22.3 Å². The minimum atomic E-state index is -0.902. The van der Waals surface area contributed by atoms with Gasteiger partial charge in [-0.2, -0.15) is 0 Å². The van der Waals surface area contributed by atoms with Crippen molar-refractivity contribution in [2.24, 2.45) is 5.92 Å². The van der Waals surface area contributed by atoms with E-state index in [-0.39, 0.29) is 6.42 Å². The zero-order valence-corrected chi connectivity index (χ0v) is 19.8. The molecule has 3 nitrogen and oxygen atoms in total. The van der Waals surface area contributed by atoms with Crippen molar-refractivity contribution in [3.8, 4) is 0 Å². The lowest BCUT2D eigenvalue weighted by Gasteiger charge is -2.07. The number of hydrogen-bond acceptors (Lipinski definition) is 2. The summed E-state index contributed by atoms with van der Waals surface area (Å²) in [5.41, 5.74) is 0. The number of aliphatic hydroxyl groups is 1. The van der Waals surface area contributed by atoms with Crippen LogP contribution in [0.4, 0.5) is 0 Å². The van der Waals surface area contributed by atoms with E-state index >= 15 is 0 Å². The molecule has 0 aliphatic heterocycles. The van der Waals surface area contributed by atoms with Crippen molar-refractivity contribution in [2.75, 3.05) is 0 Å². The van der Waals surface area contributed by atoms with Crippen molar-refractivity contribution in [1.29, 1.82) is 0 Å². The molecule has 29 heavy (non-hydrogen) atoms. The predicted molar refractivity (Wildman–Crippen MR) is 125 cm³/mol. The van der Waals surface area contributed by atoms with E-state index < -0.39 is 12.1 Å². The molecule has 0 amide bonds. The summed E-state index contributed by atoms with van der Waals surface area (Å²) in [6.07, 6.45) is 25.7. The molecule has 0 fully saturated rings. The molecule has 0 radical (unpaired) electrons. The Kier molecular flexibility index (Phi) is 21.7. The van der Waals surface area contributed by atoms with E-state index in [1.165, 1.54) is 109 Å². The van der Waals surface area contributed by atoms with Gasteiger partial charge in [0.25, 0.3) is 0 Å². The van der Waals surface area contributed by atoms with Crippen molar-refractivity contribution in [3.05, 3.63) is 0 Å². The van der Waals surface area contributed by atoms with E-state index in [1.807, 2.05) is 0 Å². The van der Waals surface area contributed by atoms with E-state index in [1.54, 1.807) is 0 Å². The first-order valence-electron chi connectivity index (χ1n) is 12.9. The molecule has 0 heterocycles. The normalized spacial score (nSPS) is 12.6. The predicted octanol–water partition coefficient (Wildman–Crippen LogP) is 8.28. The van der Waals surface area contributed by atoms with Crippen molar-refractivity contribution < 1.29 is 15.0 Å². The van der Waals surface area contributed by atoms with Crippen molar-refractivity contribution in [1.82, 2.24) is 0 Å². The molecule has 0 rings (SSSR count). The van der Waals surface area contributed by atoms with Gasteiger partial charge in [-0.1, -0.05) is 136 Å². The molecule has 2 N–H and O–H groups in total. The highest BCUT2D eigenvalue weighted by molar-refractivity contribution is 5.67. The molecule has 0 aliphatic rings. The van der Waals surface area contributed by atoms with Gasteiger partial charge in [-0.15, -0.1) is 0 Å². The second-order valence-electron chi connectivity index (χ2n) is 9.59. The van der Waals surface area contributed by atoms with Crippen LogP contribution in [0.25, 0.3) is 0 Å². The van der Waals surface area contributed by atoms with Gasteiger partial charge in [-0.25, -0.2) is 0 Å². The third kappa shape index (κ3) is 25.4. The zero-order chi connectivity index (χ0) is 21.6. The molecule has 0 bridgehead atoms. The van der Waals surface area contributed by atoms with Crippen molar-refractivity contribution in [2.45, 2.75) is 155 Å². The fraction of sp³-hybridized carbons (Fsp3) is 0.962. The molecule has 174 valence electrons. The molecule has 3 heteroatoms. The number of carbonyl (C=O) groups is 1. The fourth-order valence-corrected chi connectivity index (χ4v) is 4.06. The summed E-state index contributed by atoms with van der Waals surface area (Å²) in [4.78, 5) is 10.5. The third-order valence-electron chi connectivity index (χ3n) is 5.98. The minimum Gasteiger partial charge on any atom is -0.481 e. The maximum absolute atomic E-state index is 10.5. The lowest BCUT2D eigenvalue weighted by Crippen LogP contribution is -2.12. The van der Waals surface area contributed by atoms with Gasteiger partial charge in [0.2, 0.25) is 0 Å². The van der Waals surface area contributed by atoms with Crippen LogP contribution in [0.3, 0.4) is 0 Å². The second kappa shape index (κ2) is 22.1. The highest BCUT2D eigenvalue weighted by Gasteiger charge is 2.08. The SMILES string of the molecule is CC(C)CCCCCCCCCCCCCCCCCCCCC(O)CC(=O)O. The van der Waals surface area contributed by atoms with E-state index in [2.05, 4.69) is 13.8 Å². The fourth-order valence-electron chi connectivity index (χ4n) is 4.06. The Labute approximate surface area is 182 Å². The van der Waals surface area contributed by atoms with Crippen LogP contribution in [0.15, 0.2) is 0 Å². The summed E-state index contributed by atoms with van der Waals surface area (Å²) in [7, 11) is 0. The molecule has 0 saturated carbocycles. The molecule has 0 aliphatic carbocycles. The number of carboxylic acid groups (broad SMARTS) is 1. The molecule has 1 unspecified atom stereocenters. The van der Waals surface area contributed by atoms with Crippen LogP contribution in [0.1, 0.15) is 149 Å². The van der Waals surface area contributed by atoms with Crippen LogP contribution in [0, 0.1) is 5.92 Å². The number of aliphatic carboxylic acids is 1. The molecule has 0 aromatic heterocycles. The molecule has 0 aromatic carbocycles. The summed E-state index contributed by atoms with van der Waals surface area (Å²) < 4.78 is 0. The van der Waals surface area contributed by atoms with Crippen molar-refractivity contribution >= 4 is 5.97 Å². The van der Waals surface area contributed by atoms with Gasteiger partial charge in [0.15, 0.2) is 0 Å². The van der Waals surface area contributed by atoms with Crippen LogP contribution < -0.4 is 0 Å². The van der Waals surface area contributed by atoms with Gasteiger partial charge in [0.1, 0.15) is 0 Å². The van der Waals surface area contributed by atoms with Gasteiger partial charge >= 0.3 is 5.97 Å². The number of unbranched alkanes of at least 4 members (excludes halogenated alkanes) is 17. The molecular weight excluding hydrogens is 360 g/mol. The van der Waals surface area contributed by atoms with Gasteiger partial charge < -0.3 is 10.2 Å². The molecule has 0 aromatic rings. The summed E-state index contributed by atoms with van der Waals surface area (Å²) in [5, 5.41) is 18.1. The Bertz CT molecular complexity index is 341. The Morgan fingerprint density at radius 3 is 1.10 bits per heavy atom. The van der Waals surface area contributed by atoms with Crippen LogP contribution >= 0.6 is 0 Å². The van der Waals surface area contributed by atoms with E-state index in [9.17, 15) is 9.90 Å². The van der Waals surface area contributed by atoms with Gasteiger partial charge in [-0.3, -0.25) is 4.79 Å². The topological polar surface area (TPSA) is 57.5 Å². The summed E-state index contributed by atoms with van der Waals surface area (Å²) >= 11 is 0. The van der Waals surface area contributed by atoms with Crippen LogP contribution in [0.5, 0.6) is 0 Å². The van der Waals surface area contributed by atoms with Gasteiger partial charge in [-0.05, 0) is 12.3 Å². The monoisotopic (exact) mass is 412 g/mol. The van der Waals surface area contributed by atoms with Gasteiger partial charge in [0.05, 0.1) is 12.5 Å². The summed E-state index contributed by atoms with van der Waals surface area (Å²) in [6.45, 7) is 4.65. The lowest BCUT2D eigenvalue weighted by atomic mass is 10.0. The van der Waals surface area contributed by atoms with Crippen LogP contribution in [-0.2, 0) is 4.79 Å². The number of carboxylic acids is 1. The quantitative estimate of drug-likeness (QED) is 0.166. The number of hydrogen-bond donors (Lipinski definition) is 2. The first-order chi connectivity index (χ1) is 14.0. The molecular formula is C26H52O3. The minimum absolute atomic E-state index is 0.113. The highest BCUT2D eigenvalue weighted by atomic mass is 16.4. The van der Waals surface area contributed by atoms with Gasteiger partial charge in [0, 0.05) is 0 Å². The maximum Gasteiger partial charge on any atom is 0.305 e. The maximum atomic E-state index is 10.5. The smallest absolute Gasteiger partial charge is 0.305 e. The molecule has 1 atom stereocenters. The Balaban J connectivity index is 3.07. The largest absolute Gasteiger partial charge is 0.481 e. The Morgan fingerprint density at radius 1 is 0.552 bits per heavy atom. The lowest BCUT2D eigenvalue weighted by molar-refractivity contribution is -0.139. The third-order valence-corrected chi connectivity index (χ3v) is 5.98. The summed E-state index contributed by atoms with van der Waals surface area (Å²) in [6, 6.07) is 0. The van der Waals surface area contributed by atoms with Crippen molar-refractivity contribution in [3.63, 3.8) is 0 Å². The average molecular weight is 413 g/mol. The van der Waals surface area contributed by atoms with E-state index in [0.717, 1.165) is 18.8 Å². The standard InChI is InChI=1S/C26H52O3/c1-24(2)21-19-17-15-13-11-9-7-5-3-4-6-8-10-12-14-16-18-20-22-25(27)23-26(28)29/h24-25,27H,3-23H2,1-2H3,(H,28,29). The Hall–Kier alpha value is -0.570. The molecule has 0 saturated heterocycles. The van der Waals surface area contributed by atoms with E-state index in [0.29, 0.717) is 6.42 Å². The first-order valence-corrected chi connectivity index (χ1v) is 12.9. The van der Waals surface area contributed by atoms with E-state index in [4.69, 9.17) is 5.11 Å². The second-order valence-corrected chi connectivity index (χ2v) is 9.59. The average Bonchev–Trinajstić information content (AvgIpc) is 2.65. The van der Waals surface area contributed by atoms with Crippen LogP contribution in [0.2, 0.25) is 0 Å². The summed E-state index contributed by atoms with van der Waals surface area (Å²) in [5.74, 6) is -0.0284. The Morgan fingerprint density at radius 2 is 0.828 bits per heavy atom. The number of rotatable bonds is 23.